The summed E-state index contributed by atoms with van der Waals surface area (Å²) in [6.45, 7) is 0. The molecule has 0 saturated heterocycles. The van der Waals surface area contributed by atoms with Crippen LogP contribution in [0, 0.1) is 0 Å². The molecule has 3 rings (SSSR count). The van der Waals surface area contributed by atoms with Gasteiger partial charge in [-0.15, -0.1) is 0 Å². The lowest BCUT2D eigenvalue weighted by atomic mass is 9.92. The van der Waals surface area contributed by atoms with Gasteiger partial charge in [0, 0.05) is 10.0 Å². The number of nitrogens with two attached hydrogens (primary N) is 1. The molecule has 2 aliphatic rings. The molecule has 2 aliphatic carbocycles. The molecule has 88 valence electrons. The number of amides is 1. The zero-order valence-electron chi connectivity index (χ0n) is 9.55. The van der Waals surface area contributed by atoms with E-state index in [4.69, 9.17) is 5.73 Å². The van der Waals surface area contributed by atoms with Gasteiger partial charge in [-0.3, -0.25) is 4.79 Å². The lowest BCUT2D eigenvalue weighted by Gasteiger charge is -2.15. The summed E-state index contributed by atoms with van der Waals surface area (Å²) in [6.07, 6.45) is 5.77. The Morgan fingerprint density at radius 2 is 2.00 bits per heavy atom. The van der Waals surface area contributed by atoms with Crippen molar-refractivity contribution in [1.29, 1.82) is 0 Å². The van der Waals surface area contributed by atoms with Gasteiger partial charge >= 0.3 is 0 Å². The van der Waals surface area contributed by atoms with Gasteiger partial charge in [-0.2, -0.15) is 0 Å². The number of rotatable bonds is 1. The Hall–Kier alpha value is -1.09. The normalized spacial score (nSPS) is 17.9. The Morgan fingerprint density at radius 3 is 2.76 bits per heavy atom. The summed E-state index contributed by atoms with van der Waals surface area (Å²) in [5.41, 5.74) is 11.5. The van der Waals surface area contributed by atoms with E-state index < -0.39 is 0 Å². The molecule has 0 unspecified atom stereocenters. The summed E-state index contributed by atoms with van der Waals surface area (Å²) in [6, 6.07) is 3.78. The highest BCUT2D eigenvalue weighted by Gasteiger charge is 2.28. The maximum Gasteiger partial charge on any atom is 0.249 e. The summed E-state index contributed by atoms with van der Waals surface area (Å²) in [5, 5.41) is 0. The van der Waals surface area contributed by atoms with E-state index in [0.29, 0.717) is 5.56 Å². The third-order valence-corrected chi connectivity index (χ3v) is 4.46. The number of halogens is 1. The minimum Gasteiger partial charge on any atom is -0.366 e. The number of carbonyl (C=O) groups excluding carboxylic acids is 1. The third kappa shape index (κ3) is 1.64. The quantitative estimate of drug-likeness (QED) is 0.846. The van der Waals surface area contributed by atoms with Crippen molar-refractivity contribution in [3.05, 3.63) is 38.9 Å². The van der Waals surface area contributed by atoms with E-state index in [-0.39, 0.29) is 5.91 Å². The van der Waals surface area contributed by atoms with Crippen LogP contribution >= 0.6 is 15.9 Å². The fourth-order valence-corrected chi connectivity index (χ4v) is 3.65. The van der Waals surface area contributed by atoms with Crippen molar-refractivity contribution in [3.63, 3.8) is 0 Å². The predicted molar refractivity (Wildman–Crippen MR) is 71.8 cm³/mol. The first-order valence-corrected chi connectivity index (χ1v) is 6.80. The van der Waals surface area contributed by atoms with Crippen molar-refractivity contribution in [2.45, 2.75) is 32.1 Å². The molecule has 0 bridgehead atoms. The molecular formula is C14H14BrNO. The Balaban J connectivity index is 2.20. The minimum absolute atomic E-state index is 0.311. The number of benzene rings is 1. The molecule has 1 aromatic rings. The van der Waals surface area contributed by atoms with Gasteiger partial charge in [0.05, 0.1) is 0 Å². The molecule has 0 fully saturated rings. The van der Waals surface area contributed by atoms with Crippen LogP contribution in [0.5, 0.6) is 0 Å². The molecule has 0 aromatic heterocycles. The molecule has 0 radical (unpaired) electrons. The molecule has 2 N–H and O–H groups in total. The molecule has 0 saturated carbocycles. The summed E-state index contributed by atoms with van der Waals surface area (Å²) >= 11 is 3.61. The van der Waals surface area contributed by atoms with Crippen molar-refractivity contribution < 1.29 is 4.79 Å². The number of carbonyl (C=O) groups is 1. The van der Waals surface area contributed by atoms with Gasteiger partial charge in [0.2, 0.25) is 5.91 Å². The molecule has 3 heteroatoms. The molecule has 1 amide bonds. The number of hydrogen-bond acceptors (Lipinski definition) is 1. The highest BCUT2D eigenvalue weighted by atomic mass is 79.9. The largest absolute Gasteiger partial charge is 0.366 e. The second-order valence-corrected chi connectivity index (χ2v) is 5.63. The SMILES string of the molecule is NC(=O)c1ccc(Br)c2c1CC1=C2CCCC1. The summed E-state index contributed by atoms with van der Waals surface area (Å²) in [5.74, 6) is -0.311. The number of primary amides is 1. The molecule has 2 nitrogen and oxygen atoms in total. The van der Waals surface area contributed by atoms with Crippen LogP contribution in [-0.4, -0.2) is 5.91 Å². The molecular weight excluding hydrogens is 278 g/mol. The van der Waals surface area contributed by atoms with E-state index in [2.05, 4.69) is 15.9 Å². The van der Waals surface area contributed by atoms with E-state index in [9.17, 15) is 4.79 Å². The fraction of sp³-hybridized carbons (Fsp3) is 0.357. The van der Waals surface area contributed by atoms with Crippen LogP contribution in [0.3, 0.4) is 0 Å². The van der Waals surface area contributed by atoms with E-state index >= 15 is 0 Å². The van der Waals surface area contributed by atoms with Crippen molar-refractivity contribution >= 4 is 27.4 Å². The van der Waals surface area contributed by atoms with Crippen LogP contribution in [0.2, 0.25) is 0 Å². The first-order chi connectivity index (χ1) is 8.18. The summed E-state index contributed by atoms with van der Waals surface area (Å²) in [4.78, 5) is 11.5. The van der Waals surface area contributed by atoms with Crippen LogP contribution in [0.25, 0.3) is 5.57 Å². The van der Waals surface area contributed by atoms with Crippen LogP contribution in [0.4, 0.5) is 0 Å². The standard InChI is InChI=1S/C14H14BrNO/c15-12-6-5-10(14(16)17)11-7-8-3-1-2-4-9(8)13(11)12/h5-6H,1-4,7H2,(H2,16,17). The molecule has 0 aliphatic heterocycles. The van der Waals surface area contributed by atoms with Gasteiger partial charge in [-0.1, -0.05) is 21.5 Å². The maximum absolute atomic E-state index is 11.5. The zero-order valence-corrected chi connectivity index (χ0v) is 11.1. The van der Waals surface area contributed by atoms with E-state index in [0.717, 1.165) is 22.9 Å². The van der Waals surface area contributed by atoms with Crippen molar-refractivity contribution in [1.82, 2.24) is 0 Å². The van der Waals surface area contributed by atoms with Gasteiger partial charge in [0.1, 0.15) is 0 Å². The molecule has 0 heterocycles. The average molecular weight is 292 g/mol. The smallest absolute Gasteiger partial charge is 0.249 e. The van der Waals surface area contributed by atoms with Gasteiger partial charge in [0.15, 0.2) is 0 Å². The van der Waals surface area contributed by atoms with Gasteiger partial charge in [-0.05, 0) is 60.9 Å². The number of hydrogen-bond donors (Lipinski definition) is 1. The highest BCUT2D eigenvalue weighted by Crippen LogP contribution is 2.45. The maximum atomic E-state index is 11.5. The Bertz CT molecular complexity index is 545. The van der Waals surface area contributed by atoms with E-state index in [1.54, 1.807) is 0 Å². The second kappa shape index (κ2) is 3.98. The Kier molecular flexibility index (Phi) is 2.58. The van der Waals surface area contributed by atoms with Gasteiger partial charge in [0.25, 0.3) is 0 Å². The Morgan fingerprint density at radius 1 is 1.24 bits per heavy atom. The fourth-order valence-electron chi connectivity index (χ4n) is 3.04. The number of fused-ring (bicyclic) bond motifs is 2. The lowest BCUT2D eigenvalue weighted by Crippen LogP contribution is -2.14. The summed E-state index contributed by atoms with van der Waals surface area (Å²) < 4.78 is 1.10. The van der Waals surface area contributed by atoms with Crippen molar-refractivity contribution in [3.8, 4) is 0 Å². The third-order valence-electron chi connectivity index (χ3n) is 3.80. The van der Waals surface area contributed by atoms with E-state index in [1.807, 2.05) is 12.1 Å². The van der Waals surface area contributed by atoms with Crippen LogP contribution in [-0.2, 0) is 6.42 Å². The molecule has 0 spiro atoms. The molecule has 0 atom stereocenters. The van der Waals surface area contributed by atoms with Gasteiger partial charge in [-0.25, -0.2) is 0 Å². The van der Waals surface area contributed by atoms with Crippen LogP contribution < -0.4 is 5.73 Å². The predicted octanol–water partition coefficient (Wildman–Crippen LogP) is 3.43. The summed E-state index contributed by atoms with van der Waals surface area (Å²) in [7, 11) is 0. The van der Waals surface area contributed by atoms with Crippen molar-refractivity contribution in [2.24, 2.45) is 5.73 Å². The van der Waals surface area contributed by atoms with Crippen LogP contribution in [0.15, 0.2) is 22.2 Å². The second-order valence-electron chi connectivity index (χ2n) is 4.78. The first-order valence-electron chi connectivity index (χ1n) is 6.01. The zero-order chi connectivity index (χ0) is 12.0. The number of allylic oxidation sites excluding steroid dienone is 2. The van der Waals surface area contributed by atoms with Gasteiger partial charge < -0.3 is 5.73 Å². The Labute approximate surface area is 109 Å². The topological polar surface area (TPSA) is 43.1 Å². The average Bonchev–Trinajstić information content (AvgIpc) is 2.68. The van der Waals surface area contributed by atoms with Crippen molar-refractivity contribution in [2.75, 3.05) is 0 Å². The molecule has 1 aromatic carbocycles. The lowest BCUT2D eigenvalue weighted by molar-refractivity contribution is 0.0999. The monoisotopic (exact) mass is 291 g/mol. The van der Waals surface area contributed by atoms with E-state index in [1.165, 1.54) is 36.0 Å². The molecule has 17 heavy (non-hydrogen) atoms. The minimum atomic E-state index is -0.311. The van der Waals surface area contributed by atoms with Crippen LogP contribution in [0.1, 0.15) is 47.2 Å². The highest BCUT2D eigenvalue weighted by molar-refractivity contribution is 9.10. The first kappa shape index (κ1) is 11.0.